The van der Waals surface area contributed by atoms with Gasteiger partial charge in [0.25, 0.3) is 10.0 Å². The predicted octanol–water partition coefficient (Wildman–Crippen LogP) is 2.96. The summed E-state index contributed by atoms with van der Waals surface area (Å²) in [5.74, 6) is 0. The number of sulfonamides is 1. The second-order valence-electron chi connectivity index (χ2n) is 4.52. The van der Waals surface area contributed by atoms with Crippen molar-refractivity contribution >= 4 is 49.9 Å². The average molecular weight is 358 g/mol. The van der Waals surface area contributed by atoms with Crippen LogP contribution in [0.4, 0.5) is 5.69 Å². The van der Waals surface area contributed by atoms with Gasteiger partial charge in [-0.05, 0) is 36.4 Å². The molecule has 0 aliphatic rings. The first kappa shape index (κ1) is 15.0. The molecule has 0 spiro atoms. The van der Waals surface area contributed by atoms with Gasteiger partial charge in [-0.2, -0.15) is 0 Å². The summed E-state index contributed by atoms with van der Waals surface area (Å²) in [6.45, 7) is 0. The van der Waals surface area contributed by atoms with E-state index in [-0.39, 0.29) is 15.6 Å². The second-order valence-corrected chi connectivity index (χ2v) is 7.04. The van der Waals surface area contributed by atoms with Crippen molar-refractivity contribution in [3.63, 3.8) is 0 Å². The zero-order valence-electron chi connectivity index (χ0n) is 10.9. The molecular weight excluding hydrogens is 349 g/mol. The van der Waals surface area contributed by atoms with Gasteiger partial charge in [0.2, 0.25) is 0 Å². The monoisotopic (exact) mass is 357 g/mol. The molecule has 3 rings (SSSR count). The lowest BCUT2D eigenvalue weighted by atomic mass is 10.3. The van der Waals surface area contributed by atoms with Crippen LogP contribution in [0.5, 0.6) is 0 Å². The molecule has 0 bridgehead atoms. The van der Waals surface area contributed by atoms with Gasteiger partial charge in [0.1, 0.15) is 0 Å². The maximum Gasteiger partial charge on any atom is 0.323 e. The third-order valence-electron chi connectivity index (χ3n) is 2.97. The number of aromatic nitrogens is 2. The summed E-state index contributed by atoms with van der Waals surface area (Å²) in [6.07, 6.45) is 0. The van der Waals surface area contributed by atoms with E-state index in [4.69, 9.17) is 23.2 Å². The maximum absolute atomic E-state index is 12.4. The number of hydrogen-bond acceptors (Lipinski definition) is 3. The topological polar surface area (TPSA) is 94.8 Å². The number of hydrogen-bond donors (Lipinski definition) is 3. The van der Waals surface area contributed by atoms with Gasteiger partial charge in [-0.15, -0.1) is 0 Å². The summed E-state index contributed by atoms with van der Waals surface area (Å²) < 4.78 is 27.2. The van der Waals surface area contributed by atoms with E-state index in [9.17, 15) is 13.2 Å². The molecule has 1 heterocycles. The van der Waals surface area contributed by atoms with Crippen LogP contribution >= 0.6 is 23.2 Å². The van der Waals surface area contributed by atoms with E-state index in [0.717, 1.165) is 0 Å². The van der Waals surface area contributed by atoms with Crippen LogP contribution in [0, 0.1) is 0 Å². The van der Waals surface area contributed by atoms with Gasteiger partial charge in [0.05, 0.1) is 26.6 Å². The third-order valence-corrected chi connectivity index (χ3v) is 4.90. The Balaban J connectivity index is 2.03. The van der Waals surface area contributed by atoms with Gasteiger partial charge in [-0.1, -0.05) is 23.2 Å². The highest BCUT2D eigenvalue weighted by Crippen LogP contribution is 2.28. The summed E-state index contributed by atoms with van der Waals surface area (Å²) in [7, 11) is -3.86. The fourth-order valence-corrected chi connectivity index (χ4v) is 3.45. The first-order valence-corrected chi connectivity index (χ1v) is 8.29. The number of imidazole rings is 1. The Hall–Kier alpha value is -1.96. The Kier molecular flexibility index (Phi) is 3.64. The van der Waals surface area contributed by atoms with Crippen LogP contribution in [0.15, 0.2) is 46.1 Å². The Morgan fingerprint density at radius 2 is 1.68 bits per heavy atom. The fourth-order valence-electron chi connectivity index (χ4n) is 1.96. The van der Waals surface area contributed by atoms with Crippen LogP contribution in [0.25, 0.3) is 11.0 Å². The van der Waals surface area contributed by atoms with E-state index in [0.29, 0.717) is 16.1 Å². The standard InChI is InChI=1S/C13H9Cl2N3O3S/c14-7-1-3-9(15)11(5-7)18-22(20,21)8-2-4-10-12(6-8)17-13(19)16-10/h1-6,18H,(H2,16,17,19). The second kappa shape index (κ2) is 5.35. The van der Waals surface area contributed by atoms with Crippen molar-refractivity contribution < 1.29 is 8.42 Å². The Morgan fingerprint density at radius 1 is 0.955 bits per heavy atom. The van der Waals surface area contributed by atoms with Crippen LogP contribution in [-0.4, -0.2) is 18.4 Å². The Morgan fingerprint density at radius 3 is 2.45 bits per heavy atom. The molecule has 0 radical (unpaired) electrons. The zero-order chi connectivity index (χ0) is 15.9. The SMILES string of the molecule is O=c1[nH]c2ccc(S(=O)(=O)Nc3cc(Cl)ccc3Cl)cc2[nH]1. The largest absolute Gasteiger partial charge is 0.323 e. The predicted molar refractivity (Wildman–Crippen MR) is 86.2 cm³/mol. The molecule has 0 fully saturated rings. The zero-order valence-corrected chi connectivity index (χ0v) is 13.2. The molecule has 0 unspecified atom stereocenters. The number of aromatic amines is 2. The molecule has 1 aromatic heterocycles. The van der Waals surface area contributed by atoms with Crippen molar-refractivity contribution in [1.29, 1.82) is 0 Å². The minimum Gasteiger partial charge on any atom is -0.306 e. The smallest absolute Gasteiger partial charge is 0.306 e. The Labute approximate surface area is 135 Å². The summed E-state index contributed by atoms with van der Waals surface area (Å²) in [5.41, 5.74) is 0.682. The van der Waals surface area contributed by atoms with E-state index in [1.165, 1.54) is 30.3 Å². The van der Waals surface area contributed by atoms with Gasteiger partial charge in [0.15, 0.2) is 0 Å². The maximum atomic E-state index is 12.4. The molecule has 0 atom stereocenters. The molecule has 2 aromatic carbocycles. The first-order valence-electron chi connectivity index (χ1n) is 6.05. The van der Waals surface area contributed by atoms with E-state index < -0.39 is 15.7 Å². The van der Waals surface area contributed by atoms with Gasteiger partial charge < -0.3 is 9.97 Å². The number of nitrogens with one attached hydrogen (secondary N) is 3. The number of anilines is 1. The molecule has 0 saturated carbocycles. The van der Waals surface area contributed by atoms with Crippen molar-refractivity contribution in [2.24, 2.45) is 0 Å². The highest BCUT2D eigenvalue weighted by atomic mass is 35.5. The van der Waals surface area contributed by atoms with E-state index in [1.54, 1.807) is 6.07 Å². The highest BCUT2D eigenvalue weighted by Gasteiger charge is 2.17. The van der Waals surface area contributed by atoms with Crippen molar-refractivity contribution in [3.05, 3.63) is 56.9 Å². The van der Waals surface area contributed by atoms with Gasteiger partial charge in [-0.25, -0.2) is 13.2 Å². The number of rotatable bonds is 3. The molecular formula is C13H9Cl2N3O3S. The van der Waals surface area contributed by atoms with Crippen LogP contribution < -0.4 is 10.4 Å². The molecule has 0 saturated heterocycles. The molecule has 9 heteroatoms. The van der Waals surface area contributed by atoms with Gasteiger partial charge in [0, 0.05) is 5.02 Å². The van der Waals surface area contributed by atoms with E-state index in [1.807, 2.05) is 0 Å². The van der Waals surface area contributed by atoms with Crippen LogP contribution in [0.3, 0.4) is 0 Å². The number of H-pyrrole nitrogens is 2. The minimum atomic E-state index is -3.86. The van der Waals surface area contributed by atoms with Crippen LogP contribution in [0.2, 0.25) is 10.0 Å². The van der Waals surface area contributed by atoms with Crippen molar-refractivity contribution in [1.82, 2.24) is 9.97 Å². The summed E-state index contributed by atoms with van der Waals surface area (Å²) in [4.78, 5) is 16.2. The Bertz CT molecular complexity index is 1020. The lowest BCUT2D eigenvalue weighted by Crippen LogP contribution is -2.13. The van der Waals surface area contributed by atoms with Gasteiger partial charge >= 0.3 is 5.69 Å². The van der Waals surface area contributed by atoms with E-state index in [2.05, 4.69) is 14.7 Å². The molecule has 22 heavy (non-hydrogen) atoms. The summed E-state index contributed by atoms with van der Waals surface area (Å²) in [5, 5.41) is 0.580. The lowest BCUT2D eigenvalue weighted by Gasteiger charge is -2.10. The quantitative estimate of drug-likeness (QED) is 0.672. The number of halogens is 2. The van der Waals surface area contributed by atoms with Gasteiger partial charge in [-0.3, -0.25) is 4.72 Å². The fraction of sp³-hybridized carbons (Fsp3) is 0. The molecule has 0 aliphatic carbocycles. The lowest BCUT2D eigenvalue weighted by molar-refractivity contribution is 0.601. The minimum absolute atomic E-state index is 0.00806. The molecule has 3 N–H and O–H groups in total. The average Bonchev–Trinajstić information content (AvgIpc) is 2.81. The van der Waals surface area contributed by atoms with E-state index >= 15 is 0 Å². The first-order chi connectivity index (χ1) is 10.3. The molecule has 114 valence electrons. The summed E-state index contributed by atoms with van der Waals surface area (Å²) in [6, 6.07) is 8.70. The number of benzene rings is 2. The van der Waals surface area contributed by atoms with Crippen molar-refractivity contribution in [2.45, 2.75) is 4.90 Å². The van der Waals surface area contributed by atoms with Crippen LogP contribution in [0.1, 0.15) is 0 Å². The van der Waals surface area contributed by atoms with Crippen molar-refractivity contribution in [2.75, 3.05) is 4.72 Å². The highest BCUT2D eigenvalue weighted by molar-refractivity contribution is 7.92. The molecule has 6 nitrogen and oxygen atoms in total. The van der Waals surface area contributed by atoms with Crippen LogP contribution in [-0.2, 0) is 10.0 Å². The molecule has 3 aromatic rings. The molecule has 0 amide bonds. The summed E-state index contributed by atoms with van der Waals surface area (Å²) >= 11 is 11.8. The number of fused-ring (bicyclic) bond motifs is 1. The third kappa shape index (κ3) is 2.83. The molecule has 0 aliphatic heterocycles. The van der Waals surface area contributed by atoms with Crippen molar-refractivity contribution in [3.8, 4) is 0 Å². The normalized spacial score (nSPS) is 11.7.